The number of halogens is 3. The lowest BCUT2D eigenvalue weighted by Crippen LogP contribution is -2.07. The molecule has 0 aliphatic rings. The summed E-state index contributed by atoms with van der Waals surface area (Å²) in [6.45, 7) is 0.255. The van der Waals surface area contributed by atoms with Crippen LogP contribution in [0.15, 0.2) is 54.0 Å². The fraction of sp³-hybridized carbons (Fsp3) is 0.125. The molecule has 0 spiro atoms. The minimum Gasteiger partial charge on any atom is -0.366 e. The van der Waals surface area contributed by atoms with Crippen LogP contribution in [0.3, 0.4) is 0 Å². The Morgan fingerprint density at radius 2 is 1.96 bits per heavy atom. The van der Waals surface area contributed by atoms with E-state index in [0.717, 1.165) is 17.0 Å². The van der Waals surface area contributed by atoms with Gasteiger partial charge in [0, 0.05) is 12.7 Å². The van der Waals surface area contributed by atoms with Crippen LogP contribution in [0, 0.1) is 0 Å². The molecule has 0 radical (unpaired) electrons. The Morgan fingerprint density at radius 1 is 1.09 bits per heavy atom. The van der Waals surface area contributed by atoms with Gasteiger partial charge in [0.15, 0.2) is 5.82 Å². The largest absolute Gasteiger partial charge is 0.416 e. The molecule has 3 aromatic rings. The van der Waals surface area contributed by atoms with Crippen molar-refractivity contribution < 1.29 is 13.2 Å². The Morgan fingerprint density at radius 3 is 2.70 bits per heavy atom. The van der Waals surface area contributed by atoms with Crippen LogP contribution in [-0.4, -0.2) is 9.97 Å². The zero-order valence-electron chi connectivity index (χ0n) is 11.8. The average molecular weight is 335 g/mol. The molecule has 0 saturated heterocycles. The number of nitrogens with one attached hydrogen (secondary N) is 1. The molecule has 7 heteroatoms. The first-order valence-corrected chi connectivity index (χ1v) is 7.67. The van der Waals surface area contributed by atoms with Crippen LogP contribution < -0.4 is 5.32 Å². The van der Waals surface area contributed by atoms with Crippen LogP contribution in [0.1, 0.15) is 11.1 Å². The van der Waals surface area contributed by atoms with E-state index in [2.05, 4.69) is 15.3 Å². The monoisotopic (exact) mass is 335 g/mol. The van der Waals surface area contributed by atoms with Crippen molar-refractivity contribution >= 4 is 17.2 Å². The summed E-state index contributed by atoms with van der Waals surface area (Å²) in [7, 11) is 0. The topological polar surface area (TPSA) is 37.8 Å². The zero-order valence-corrected chi connectivity index (χ0v) is 12.7. The minimum absolute atomic E-state index is 0.255. The van der Waals surface area contributed by atoms with E-state index >= 15 is 0 Å². The Bertz CT molecular complexity index is 785. The number of anilines is 1. The summed E-state index contributed by atoms with van der Waals surface area (Å²) in [4.78, 5) is 9.50. The third-order valence-corrected chi connectivity index (χ3v) is 3.99. The summed E-state index contributed by atoms with van der Waals surface area (Å²) in [5.41, 5.74) is -0.116. The maximum Gasteiger partial charge on any atom is 0.416 e. The molecule has 2 heterocycles. The SMILES string of the molecule is FC(F)(F)c1cccc(CNc2ccnc(-c3cccs3)n2)c1. The fourth-order valence-electron chi connectivity index (χ4n) is 2.03. The summed E-state index contributed by atoms with van der Waals surface area (Å²) in [5.74, 6) is 1.16. The van der Waals surface area contributed by atoms with Crippen molar-refractivity contribution in [1.29, 1.82) is 0 Å². The van der Waals surface area contributed by atoms with Gasteiger partial charge in [-0.25, -0.2) is 9.97 Å². The number of nitrogens with zero attached hydrogens (tertiary/aromatic N) is 2. The Balaban J connectivity index is 1.73. The first-order valence-electron chi connectivity index (χ1n) is 6.79. The van der Waals surface area contributed by atoms with Crippen molar-refractivity contribution in [2.75, 3.05) is 5.32 Å². The molecule has 0 unspecified atom stereocenters. The maximum absolute atomic E-state index is 12.7. The van der Waals surface area contributed by atoms with Gasteiger partial charge in [-0.2, -0.15) is 13.2 Å². The summed E-state index contributed by atoms with van der Waals surface area (Å²) in [6, 6.07) is 10.7. The predicted octanol–water partition coefficient (Wildman–Crippen LogP) is 4.84. The maximum atomic E-state index is 12.7. The van der Waals surface area contributed by atoms with Gasteiger partial charge in [0.25, 0.3) is 0 Å². The van der Waals surface area contributed by atoms with Gasteiger partial charge in [0.2, 0.25) is 0 Å². The molecule has 3 nitrogen and oxygen atoms in total. The van der Waals surface area contributed by atoms with E-state index in [1.807, 2.05) is 17.5 Å². The van der Waals surface area contributed by atoms with E-state index in [1.54, 1.807) is 18.3 Å². The smallest absolute Gasteiger partial charge is 0.366 e. The molecule has 118 valence electrons. The quantitative estimate of drug-likeness (QED) is 0.742. The number of hydrogen-bond acceptors (Lipinski definition) is 4. The molecule has 0 aliphatic heterocycles. The zero-order chi connectivity index (χ0) is 16.3. The van der Waals surface area contributed by atoms with E-state index in [9.17, 15) is 13.2 Å². The highest BCUT2D eigenvalue weighted by atomic mass is 32.1. The molecule has 1 N–H and O–H groups in total. The van der Waals surface area contributed by atoms with E-state index in [4.69, 9.17) is 0 Å². The van der Waals surface area contributed by atoms with Crippen molar-refractivity contribution in [3.8, 4) is 10.7 Å². The standard InChI is InChI=1S/C16H12F3N3S/c17-16(18,19)12-4-1-3-11(9-12)10-21-14-6-7-20-15(22-14)13-5-2-8-23-13/h1-9H,10H2,(H,20,21,22). The van der Waals surface area contributed by atoms with Crippen molar-refractivity contribution in [2.45, 2.75) is 12.7 Å². The Kier molecular flexibility index (Phi) is 4.29. The average Bonchev–Trinajstić information content (AvgIpc) is 3.07. The normalized spacial score (nSPS) is 11.4. The highest BCUT2D eigenvalue weighted by Gasteiger charge is 2.30. The van der Waals surface area contributed by atoms with Gasteiger partial charge in [-0.1, -0.05) is 18.2 Å². The van der Waals surface area contributed by atoms with E-state index in [-0.39, 0.29) is 6.54 Å². The van der Waals surface area contributed by atoms with Crippen molar-refractivity contribution in [2.24, 2.45) is 0 Å². The van der Waals surface area contributed by atoms with Crippen LogP contribution >= 0.6 is 11.3 Å². The van der Waals surface area contributed by atoms with Gasteiger partial charge in [-0.15, -0.1) is 11.3 Å². The van der Waals surface area contributed by atoms with Crippen LogP contribution in [0.5, 0.6) is 0 Å². The molecular weight excluding hydrogens is 323 g/mol. The van der Waals surface area contributed by atoms with Crippen molar-refractivity contribution in [3.05, 3.63) is 65.2 Å². The molecule has 0 fully saturated rings. The van der Waals surface area contributed by atoms with Crippen LogP contribution in [-0.2, 0) is 12.7 Å². The highest BCUT2D eigenvalue weighted by molar-refractivity contribution is 7.13. The molecule has 0 atom stereocenters. The molecule has 0 saturated carbocycles. The molecule has 2 aromatic heterocycles. The third kappa shape index (κ3) is 3.87. The van der Waals surface area contributed by atoms with E-state index < -0.39 is 11.7 Å². The minimum atomic E-state index is -4.34. The molecule has 1 aromatic carbocycles. The lowest BCUT2D eigenvalue weighted by Gasteiger charge is -2.10. The molecule has 0 amide bonds. The third-order valence-electron chi connectivity index (χ3n) is 3.13. The second-order valence-electron chi connectivity index (χ2n) is 4.79. The summed E-state index contributed by atoms with van der Waals surface area (Å²) >= 11 is 1.53. The van der Waals surface area contributed by atoms with Gasteiger partial charge in [0.05, 0.1) is 10.4 Å². The lowest BCUT2D eigenvalue weighted by molar-refractivity contribution is -0.137. The molecular formula is C16H12F3N3S. The lowest BCUT2D eigenvalue weighted by atomic mass is 10.1. The number of alkyl halides is 3. The molecule has 3 rings (SSSR count). The molecule has 23 heavy (non-hydrogen) atoms. The number of thiophene rings is 1. The molecule has 0 bridgehead atoms. The number of benzene rings is 1. The van der Waals surface area contributed by atoms with E-state index in [0.29, 0.717) is 17.2 Å². The Hall–Kier alpha value is -2.41. The second-order valence-corrected chi connectivity index (χ2v) is 5.74. The summed E-state index contributed by atoms with van der Waals surface area (Å²) in [6.07, 6.45) is -2.71. The first kappa shape index (κ1) is 15.5. The molecule has 0 aliphatic carbocycles. The van der Waals surface area contributed by atoms with Crippen LogP contribution in [0.4, 0.5) is 19.0 Å². The van der Waals surface area contributed by atoms with Crippen LogP contribution in [0.25, 0.3) is 10.7 Å². The van der Waals surface area contributed by atoms with Gasteiger partial charge < -0.3 is 5.32 Å². The van der Waals surface area contributed by atoms with Crippen molar-refractivity contribution in [1.82, 2.24) is 9.97 Å². The second kappa shape index (κ2) is 6.37. The summed E-state index contributed by atoms with van der Waals surface area (Å²) < 4.78 is 38.1. The van der Waals surface area contributed by atoms with Crippen molar-refractivity contribution in [3.63, 3.8) is 0 Å². The number of hydrogen-bond donors (Lipinski definition) is 1. The predicted molar refractivity (Wildman–Crippen MR) is 84.1 cm³/mol. The highest BCUT2D eigenvalue weighted by Crippen LogP contribution is 2.29. The van der Waals surface area contributed by atoms with Gasteiger partial charge in [-0.3, -0.25) is 0 Å². The van der Waals surface area contributed by atoms with Gasteiger partial charge in [-0.05, 0) is 35.2 Å². The van der Waals surface area contributed by atoms with Crippen LogP contribution in [0.2, 0.25) is 0 Å². The first-order chi connectivity index (χ1) is 11.0. The number of rotatable bonds is 4. The van der Waals surface area contributed by atoms with Gasteiger partial charge in [0.1, 0.15) is 5.82 Å². The van der Waals surface area contributed by atoms with Gasteiger partial charge >= 0.3 is 6.18 Å². The summed E-state index contributed by atoms with van der Waals surface area (Å²) in [5, 5.41) is 4.96. The van der Waals surface area contributed by atoms with E-state index in [1.165, 1.54) is 17.4 Å². The fourth-order valence-corrected chi connectivity index (χ4v) is 2.70. The Labute approximate surface area is 134 Å². The number of aromatic nitrogens is 2.